The van der Waals surface area contributed by atoms with E-state index >= 15 is 0 Å². The van der Waals surface area contributed by atoms with Crippen molar-refractivity contribution in [2.24, 2.45) is 0 Å². The zero-order valence-corrected chi connectivity index (χ0v) is 11.4. The summed E-state index contributed by atoms with van der Waals surface area (Å²) in [5.41, 5.74) is 1.09. The molecule has 0 unspecified atom stereocenters. The monoisotopic (exact) mass is 283 g/mol. The van der Waals surface area contributed by atoms with E-state index in [9.17, 15) is 14.0 Å². The van der Waals surface area contributed by atoms with Crippen molar-refractivity contribution in [3.05, 3.63) is 11.3 Å². The molecule has 7 heteroatoms. The summed E-state index contributed by atoms with van der Waals surface area (Å²) in [5, 5.41) is 2.98. The van der Waals surface area contributed by atoms with Gasteiger partial charge >= 0.3 is 12.0 Å². The number of nitrogens with zero attached hydrogens (tertiary/aromatic N) is 2. The van der Waals surface area contributed by atoms with Crippen LogP contribution in [0.1, 0.15) is 13.3 Å². The zero-order valence-electron chi connectivity index (χ0n) is 11.4. The summed E-state index contributed by atoms with van der Waals surface area (Å²) < 4.78 is 18.9. The molecule has 0 aromatic rings. The Labute approximate surface area is 116 Å². The van der Waals surface area contributed by atoms with Gasteiger partial charge in [-0.1, -0.05) is 0 Å². The summed E-state index contributed by atoms with van der Waals surface area (Å²) in [4.78, 5) is 27.0. The van der Waals surface area contributed by atoms with Gasteiger partial charge in [0.25, 0.3) is 0 Å². The summed E-state index contributed by atoms with van der Waals surface area (Å²) in [5.74, 6) is -0.378. The second-order valence-electron chi connectivity index (χ2n) is 5.35. The highest BCUT2D eigenvalue weighted by molar-refractivity contribution is 5.92. The second kappa shape index (κ2) is 5.05. The third-order valence-corrected chi connectivity index (χ3v) is 4.22. The van der Waals surface area contributed by atoms with Gasteiger partial charge in [0.05, 0.1) is 17.3 Å². The van der Waals surface area contributed by atoms with Crippen LogP contribution in [0.2, 0.25) is 0 Å². The number of carbonyl (C=O) groups is 2. The summed E-state index contributed by atoms with van der Waals surface area (Å²) >= 11 is 0. The van der Waals surface area contributed by atoms with Crippen LogP contribution >= 0.6 is 0 Å². The fraction of sp³-hybridized carbons (Fsp3) is 0.692. The largest absolute Gasteiger partial charge is 0.456 e. The lowest BCUT2D eigenvalue weighted by Gasteiger charge is -2.34. The third-order valence-electron chi connectivity index (χ3n) is 4.22. The van der Waals surface area contributed by atoms with Gasteiger partial charge in [-0.05, 0) is 19.9 Å². The Kier molecular flexibility index (Phi) is 3.37. The highest BCUT2D eigenvalue weighted by Crippen LogP contribution is 2.27. The van der Waals surface area contributed by atoms with Crippen LogP contribution in [0.5, 0.6) is 0 Å². The minimum absolute atomic E-state index is 0.134. The van der Waals surface area contributed by atoms with Crippen LogP contribution < -0.4 is 5.32 Å². The summed E-state index contributed by atoms with van der Waals surface area (Å²) in [6, 6.07) is -0.583. The van der Waals surface area contributed by atoms with Gasteiger partial charge in [0, 0.05) is 19.6 Å². The molecule has 2 saturated heterocycles. The number of esters is 1. The average molecular weight is 283 g/mol. The highest BCUT2D eigenvalue weighted by Gasteiger charge is 2.41. The fourth-order valence-electron chi connectivity index (χ4n) is 3.02. The Morgan fingerprint density at radius 1 is 1.35 bits per heavy atom. The molecule has 3 heterocycles. The lowest BCUT2D eigenvalue weighted by atomic mass is 10.0. The minimum atomic E-state index is -1.04. The molecule has 2 atom stereocenters. The number of hydrogen-bond donors (Lipinski definition) is 1. The normalized spacial score (nSPS) is 31.3. The molecule has 3 aliphatic heterocycles. The quantitative estimate of drug-likeness (QED) is 0.738. The number of ether oxygens (including phenoxy) is 1. The molecular weight excluding hydrogens is 265 g/mol. The number of piperidine rings is 1. The molecule has 0 aliphatic carbocycles. The van der Waals surface area contributed by atoms with E-state index in [4.69, 9.17) is 4.74 Å². The molecule has 0 spiro atoms. The van der Waals surface area contributed by atoms with E-state index in [2.05, 4.69) is 5.32 Å². The van der Waals surface area contributed by atoms with Gasteiger partial charge in [-0.15, -0.1) is 0 Å². The SMILES string of the molecule is CC1=C(N2CCN([C@H]3CCNC[C@@H]3F)C2=O)COC1=O. The van der Waals surface area contributed by atoms with E-state index in [0.29, 0.717) is 30.8 Å². The number of hydrogen-bond acceptors (Lipinski definition) is 4. The van der Waals surface area contributed by atoms with Gasteiger partial charge in [0.15, 0.2) is 0 Å². The van der Waals surface area contributed by atoms with Crippen molar-refractivity contribution in [2.45, 2.75) is 25.6 Å². The molecule has 0 radical (unpaired) electrons. The van der Waals surface area contributed by atoms with Gasteiger partial charge < -0.3 is 15.0 Å². The first-order chi connectivity index (χ1) is 9.59. The maximum atomic E-state index is 14.0. The van der Waals surface area contributed by atoms with E-state index in [1.54, 1.807) is 16.7 Å². The number of urea groups is 1. The Morgan fingerprint density at radius 2 is 2.15 bits per heavy atom. The van der Waals surface area contributed by atoms with Crippen molar-refractivity contribution >= 4 is 12.0 Å². The predicted octanol–water partition coefficient (Wildman–Crippen LogP) is 0.255. The molecule has 0 saturated carbocycles. The number of cyclic esters (lactones) is 1. The molecule has 3 aliphatic rings. The van der Waals surface area contributed by atoms with Crippen molar-refractivity contribution < 1.29 is 18.7 Å². The number of carbonyl (C=O) groups excluding carboxylic acids is 2. The Bertz CT molecular complexity index is 479. The maximum Gasteiger partial charge on any atom is 0.336 e. The van der Waals surface area contributed by atoms with E-state index in [0.717, 1.165) is 6.54 Å². The first kappa shape index (κ1) is 13.4. The standard InChI is InChI=1S/C13H18FN3O3/c1-8-11(7-20-12(8)18)17-5-4-16(13(17)19)10-2-3-15-6-9(10)14/h9-10,15H,2-7H2,1H3/t9-,10-/m0/s1. The van der Waals surface area contributed by atoms with E-state index in [-0.39, 0.29) is 31.2 Å². The van der Waals surface area contributed by atoms with Crippen LogP contribution in [-0.4, -0.2) is 66.8 Å². The molecule has 0 aromatic heterocycles. The average Bonchev–Trinajstić information content (AvgIpc) is 2.95. The topological polar surface area (TPSA) is 61.9 Å². The zero-order chi connectivity index (χ0) is 14.3. The molecule has 2 amide bonds. The van der Waals surface area contributed by atoms with Crippen molar-refractivity contribution in [1.29, 1.82) is 0 Å². The smallest absolute Gasteiger partial charge is 0.336 e. The molecule has 6 nitrogen and oxygen atoms in total. The highest BCUT2D eigenvalue weighted by atomic mass is 19.1. The van der Waals surface area contributed by atoms with Gasteiger partial charge in [0.2, 0.25) is 0 Å². The molecule has 2 fully saturated rings. The molecule has 110 valence electrons. The van der Waals surface area contributed by atoms with Crippen LogP contribution in [0, 0.1) is 0 Å². The fourth-order valence-corrected chi connectivity index (χ4v) is 3.02. The molecule has 0 bridgehead atoms. The van der Waals surface area contributed by atoms with Crippen LogP contribution in [0.25, 0.3) is 0 Å². The number of nitrogens with one attached hydrogen (secondary N) is 1. The predicted molar refractivity (Wildman–Crippen MR) is 68.6 cm³/mol. The van der Waals surface area contributed by atoms with E-state index < -0.39 is 6.17 Å². The van der Waals surface area contributed by atoms with Gasteiger partial charge in [-0.25, -0.2) is 14.0 Å². The number of rotatable bonds is 2. The number of amides is 2. The minimum Gasteiger partial charge on any atom is -0.456 e. The lowest BCUT2D eigenvalue weighted by molar-refractivity contribution is -0.136. The van der Waals surface area contributed by atoms with Crippen LogP contribution in [0.4, 0.5) is 9.18 Å². The Hall–Kier alpha value is -1.63. The molecule has 0 aromatic carbocycles. The molecule has 1 N–H and O–H groups in total. The van der Waals surface area contributed by atoms with E-state index in [1.165, 1.54) is 0 Å². The van der Waals surface area contributed by atoms with Crippen LogP contribution in [-0.2, 0) is 9.53 Å². The van der Waals surface area contributed by atoms with Gasteiger partial charge in [-0.3, -0.25) is 4.90 Å². The first-order valence-electron chi connectivity index (χ1n) is 6.89. The summed E-state index contributed by atoms with van der Waals surface area (Å²) in [6.45, 7) is 3.78. The first-order valence-corrected chi connectivity index (χ1v) is 6.89. The van der Waals surface area contributed by atoms with Crippen LogP contribution in [0.3, 0.4) is 0 Å². The van der Waals surface area contributed by atoms with Crippen molar-refractivity contribution in [3.63, 3.8) is 0 Å². The van der Waals surface area contributed by atoms with Crippen molar-refractivity contribution in [1.82, 2.24) is 15.1 Å². The van der Waals surface area contributed by atoms with Crippen molar-refractivity contribution in [3.8, 4) is 0 Å². The second-order valence-corrected chi connectivity index (χ2v) is 5.35. The third kappa shape index (κ3) is 2.06. The lowest BCUT2D eigenvalue weighted by Crippen LogP contribution is -2.52. The summed E-state index contributed by atoms with van der Waals surface area (Å²) in [7, 11) is 0. The number of halogens is 1. The maximum absolute atomic E-state index is 14.0. The summed E-state index contributed by atoms with van der Waals surface area (Å²) in [6.07, 6.45) is -0.419. The molecule has 20 heavy (non-hydrogen) atoms. The molecular formula is C13H18FN3O3. The van der Waals surface area contributed by atoms with Crippen molar-refractivity contribution in [2.75, 3.05) is 32.8 Å². The number of alkyl halides is 1. The van der Waals surface area contributed by atoms with Gasteiger partial charge in [0.1, 0.15) is 12.8 Å². The Balaban J connectivity index is 1.76. The Morgan fingerprint density at radius 3 is 2.80 bits per heavy atom. The van der Waals surface area contributed by atoms with Crippen LogP contribution in [0.15, 0.2) is 11.3 Å². The molecule has 3 rings (SSSR count). The van der Waals surface area contributed by atoms with E-state index in [1.807, 2.05) is 0 Å². The van der Waals surface area contributed by atoms with Gasteiger partial charge in [-0.2, -0.15) is 0 Å².